The Morgan fingerprint density at radius 3 is 2.26 bits per heavy atom. The molecule has 2 aliphatic carbocycles. The van der Waals surface area contributed by atoms with Crippen molar-refractivity contribution in [1.29, 1.82) is 0 Å². The van der Waals surface area contributed by atoms with Crippen LogP contribution in [0.5, 0.6) is 5.88 Å². The zero-order valence-electron chi connectivity index (χ0n) is 28.6. The van der Waals surface area contributed by atoms with Crippen molar-refractivity contribution in [2.45, 2.75) is 135 Å². The van der Waals surface area contributed by atoms with Gasteiger partial charge in [0.15, 0.2) is 11.9 Å². The van der Waals surface area contributed by atoms with Crippen molar-refractivity contribution in [1.82, 2.24) is 25.4 Å². The number of ketones is 2. The molecular formula is C34H50ClN5O7. The summed E-state index contributed by atoms with van der Waals surface area (Å²) in [5, 5.41) is 6.52. The summed E-state index contributed by atoms with van der Waals surface area (Å²) in [5.74, 6) is -1.84. The van der Waals surface area contributed by atoms with Crippen molar-refractivity contribution in [2.24, 2.45) is 5.41 Å². The number of halogens is 1. The Hall–Kier alpha value is -3.25. The SMILES string of the molecule is CCC(=O)C(=O)[C@H](CNC1CC1)N(C(=O)[C@@H]1C[C@@H](Oc2ccc(Cl)cn2)CN1C(=O)C(OC(=O)NC(C)(C)C)C(C)(C)C)C1CCC1. The van der Waals surface area contributed by atoms with Gasteiger partial charge in [0, 0.05) is 54.7 Å². The summed E-state index contributed by atoms with van der Waals surface area (Å²) in [4.78, 5) is 75.6. The van der Waals surface area contributed by atoms with Gasteiger partial charge in [-0.3, -0.25) is 19.2 Å². The first-order valence-corrected chi connectivity index (χ1v) is 17.1. The van der Waals surface area contributed by atoms with E-state index in [-0.39, 0.29) is 43.9 Å². The van der Waals surface area contributed by atoms with E-state index >= 15 is 0 Å². The average Bonchev–Trinajstić information content (AvgIpc) is 3.69. The summed E-state index contributed by atoms with van der Waals surface area (Å²) >= 11 is 6.01. The summed E-state index contributed by atoms with van der Waals surface area (Å²) in [7, 11) is 0. The highest BCUT2D eigenvalue weighted by atomic mass is 35.5. The lowest BCUT2D eigenvalue weighted by molar-refractivity contribution is -0.157. The molecule has 2 saturated carbocycles. The Morgan fingerprint density at radius 2 is 1.74 bits per heavy atom. The minimum absolute atomic E-state index is 0.0156. The molecule has 3 fully saturated rings. The molecular weight excluding hydrogens is 626 g/mol. The van der Waals surface area contributed by atoms with Crippen molar-refractivity contribution >= 4 is 41.1 Å². The fourth-order valence-electron chi connectivity index (χ4n) is 5.82. The Morgan fingerprint density at radius 1 is 1.06 bits per heavy atom. The van der Waals surface area contributed by atoms with Gasteiger partial charge in [0.1, 0.15) is 18.2 Å². The van der Waals surface area contributed by atoms with Crippen LogP contribution >= 0.6 is 11.6 Å². The lowest BCUT2D eigenvalue weighted by atomic mass is 9.87. The molecule has 2 heterocycles. The van der Waals surface area contributed by atoms with Crippen LogP contribution in [0.3, 0.4) is 0 Å². The van der Waals surface area contributed by atoms with Crippen LogP contribution < -0.4 is 15.4 Å². The highest BCUT2D eigenvalue weighted by Crippen LogP contribution is 2.34. The molecule has 1 unspecified atom stereocenters. The second kappa shape index (κ2) is 14.9. The summed E-state index contributed by atoms with van der Waals surface area (Å²) in [6.45, 7) is 12.6. The molecule has 47 heavy (non-hydrogen) atoms. The Labute approximate surface area is 282 Å². The molecule has 0 bridgehead atoms. The van der Waals surface area contributed by atoms with Crippen molar-refractivity contribution in [3.63, 3.8) is 0 Å². The molecule has 0 spiro atoms. The van der Waals surface area contributed by atoms with Crippen LogP contribution in [-0.2, 0) is 23.9 Å². The molecule has 1 saturated heterocycles. The van der Waals surface area contributed by atoms with Gasteiger partial charge in [-0.05, 0) is 58.9 Å². The van der Waals surface area contributed by atoms with Crippen molar-refractivity contribution < 1.29 is 33.4 Å². The van der Waals surface area contributed by atoms with E-state index < -0.39 is 64.7 Å². The molecule has 0 radical (unpaired) electrons. The van der Waals surface area contributed by atoms with E-state index in [1.54, 1.807) is 65.5 Å². The minimum atomic E-state index is -1.24. The summed E-state index contributed by atoms with van der Waals surface area (Å²) in [6.07, 6.45) is 3.18. The van der Waals surface area contributed by atoms with E-state index in [0.29, 0.717) is 17.9 Å². The third kappa shape index (κ3) is 9.65. The third-order valence-electron chi connectivity index (χ3n) is 8.67. The molecule has 1 aromatic heterocycles. The molecule has 1 aliphatic heterocycles. The van der Waals surface area contributed by atoms with Gasteiger partial charge >= 0.3 is 6.09 Å². The summed E-state index contributed by atoms with van der Waals surface area (Å²) in [5.41, 5.74) is -1.43. The quantitative estimate of drug-likeness (QED) is 0.295. The Balaban J connectivity index is 1.69. The van der Waals surface area contributed by atoms with E-state index in [0.717, 1.165) is 19.3 Å². The standard InChI is InChI=1S/C34H50ClN5O7/c1-8-26(41)28(42)25(18-36-21-13-14-21)40(22-10-9-11-22)30(43)24-16-23(46-27-15-12-20(35)17-37-27)19-39(24)31(44)29(33(2,3)4)47-32(45)38-34(5,6)7/h12,15,17,21-25,29,36H,8-11,13-14,16,18-19H2,1-7H3,(H,38,45)/t23-,24+,25+,29?/m1/s1. The molecule has 2 N–H and O–H groups in total. The van der Waals surface area contributed by atoms with Gasteiger partial charge in [-0.2, -0.15) is 0 Å². The zero-order valence-corrected chi connectivity index (χ0v) is 29.4. The van der Waals surface area contributed by atoms with E-state index in [4.69, 9.17) is 21.1 Å². The van der Waals surface area contributed by atoms with Crippen LogP contribution in [0.15, 0.2) is 18.3 Å². The Bertz CT molecular complexity index is 1320. The predicted molar refractivity (Wildman–Crippen MR) is 176 cm³/mol. The van der Waals surface area contributed by atoms with Gasteiger partial charge < -0.3 is 29.9 Å². The Kier molecular flexibility index (Phi) is 11.6. The van der Waals surface area contributed by atoms with Crippen LogP contribution in [0.1, 0.15) is 93.4 Å². The smallest absolute Gasteiger partial charge is 0.408 e. The van der Waals surface area contributed by atoms with Crippen molar-refractivity contribution in [3.05, 3.63) is 23.4 Å². The number of amides is 3. The highest BCUT2D eigenvalue weighted by molar-refractivity contribution is 6.39. The van der Waals surface area contributed by atoms with Gasteiger partial charge in [0.05, 0.1) is 11.6 Å². The van der Waals surface area contributed by atoms with Crippen molar-refractivity contribution in [3.8, 4) is 5.88 Å². The number of Topliss-reactive ketones (excluding diaryl/α,β-unsaturated/α-hetero) is 2. The van der Waals surface area contributed by atoms with E-state index in [1.807, 2.05) is 0 Å². The predicted octanol–water partition coefficient (Wildman–Crippen LogP) is 4.07. The van der Waals surface area contributed by atoms with Crippen LogP contribution in [-0.4, -0.2) is 99.3 Å². The van der Waals surface area contributed by atoms with Crippen LogP contribution in [0.25, 0.3) is 0 Å². The topological polar surface area (TPSA) is 147 Å². The number of nitrogens with zero attached hydrogens (tertiary/aromatic N) is 3. The highest BCUT2D eigenvalue weighted by Gasteiger charge is 2.51. The molecule has 260 valence electrons. The lowest BCUT2D eigenvalue weighted by Gasteiger charge is -2.44. The van der Waals surface area contributed by atoms with E-state index in [1.165, 1.54) is 11.1 Å². The number of hydrogen-bond donors (Lipinski definition) is 2. The largest absolute Gasteiger partial charge is 0.472 e. The molecule has 4 atom stereocenters. The average molecular weight is 676 g/mol. The number of ether oxygens (including phenoxy) is 2. The number of likely N-dealkylation sites (tertiary alicyclic amines) is 1. The van der Waals surface area contributed by atoms with Crippen molar-refractivity contribution in [2.75, 3.05) is 13.1 Å². The monoisotopic (exact) mass is 675 g/mol. The molecule has 12 nitrogen and oxygen atoms in total. The summed E-state index contributed by atoms with van der Waals surface area (Å²) < 4.78 is 11.9. The number of carbonyl (C=O) groups excluding carboxylic acids is 5. The van der Waals surface area contributed by atoms with Gasteiger partial charge in [-0.15, -0.1) is 0 Å². The van der Waals surface area contributed by atoms with Gasteiger partial charge in [-0.25, -0.2) is 9.78 Å². The molecule has 13 heteroatoms. The number of nitrogens with one attached hydrogen (secondary N) is 2. The van der Waals surface area contributed by atoms with Gasteiger partial charge in [0.25, 0.3) is 5.91 Å². The first-order chi connectivity index (χ1) is 22.0. The number of rotatable bonds is 13. The van der Waals surface area contributed by atoms with Crippen LogP contribution in [0, 0.1) is 5.41 Å². The van der Waals surface area contributed by atoms with Crippen LogP contribution in [0.4, 0.5) is 4.79 Å². The molecule has 0 aromatic carbocycles. The second-order valence-electron chi connectivity index (χ2n) is 15.0. The number of alkyl carbamates (subject to hydrolysis) is 1. The normalized spacial score (nSPS) is 21.3. The molecule has 3 aliphatic rings. The fourth-order valence-corrected chi connectivity index (χ4v) is 5.93. The maximum absolute atomic E-state index is 14.8. The number of hydrogen-bond acceptors (Lipinski definition) is 9. The maximum Gasteiger partial charge on any atom is 0.408 e. The first kappa shape index (κ1) is 36.6. The van der Waals surface area contributed by atoms with Gasteiger partial charge in [-0.1, -0.05) is 39.3 Å². The number of pyridine rings is 1. The van der Waals surface area contributed by atoms with E-state index in [2.05, 4.69) is 15.6 Å². The number of carbonyl (C=O) groups is 5. The fraction of sp³-hybridized carbons (Fsp3) is 0.706. The maximum atomic E-state index is 14.8. The van der Waals surface area contributed by atoms with E-state index in [9.17, 15) is 24.0 Å². The minimum Gasteiger partial charge on any atom is -0.472 e. The number of aromatic nitrogens is 1. The van der Waals surface area contributed by atoms with Gasteiger partial charge in [0.2, 0.25) is 17.6 Å². The summed E-state index contributed by atoms with van der Waals surface area (Å²) in [6, 6.07) is 1.21. The van der Waals surface area contributed by atoms with Crippen LogP contribution in [0.2, 0.25) is 5.02 Å². The molecule has 4 rings (SSSR count). The second-order valence-corrected chi connectivity index (χ2v) is 15.4. The lowest BCUT2D eigenvalue weighted by Crippen LogP contribution is -2.62. The first-order valence-electron chi connectivity index (χ1n) is 16.7. The third-order valence-corrected chi connectivity index (χ3v) is 8.89. The molecule has 3 amide bonds. The zero-order chi connectivity index (χ0) is 34.7. The molecule has 1 aromatic rings.